The first-order valence-electron chi connectivity index (χ1n) is 7.09. The summed E-state index contributed by atoms with van der Waals surface area (Å²) in [6.07, 6.45) is 0.602. The van der Waals surface area contributed by atoms with Gasteiger partial charge >= 0.3 is 0 Å². The fourth-order valence-electron chi connectivity index (χ4n) is 2.71. The average Bonchev–Trinajstić information content (AvgIpc) is 2.50. The normalized spacial score (nSPS) is 10.7. The lowest BCUT2D eigenvalue weighted by Gasteiger charge is -2.19. The van der Waals surface area contributed by atoms with Crippen molar-refractivity contribution in [1.29, 1.82) is 0 Å². The minimum absolute atomic E-state index is 0.0169. The zero-order valence-corrected chi connectivity index (χ0v) is 13.5. The van der Waals surface area contributed by atoms with Crippen LogP contribution in [0.2, 0.25) is 0 Å². The molecule has 2 aromatic rings. The van der Waals surface area contributed by atoms with Crippen molar-refractivity contribution >= 4 is 17.4 Å². The quantitative estimate of drug-likeness (QED) is 0.641. The van der Waals surface area contributed by atoms with Crippen molar-refractivity contribution in [2.45, 2.75) is 20.0 Å². The van der Waals surface area contributed by atoms with Crippen LogP contribution in [0.4, 0.5) is 0 Å². The number of alkyl halides is 1. The van der Waals surface area contributed by atoms with Crippen LogP contribution in [0.5, 0.6) is 5.75 Å². The molecule has 3 nitrogen and oxygen atoms in total. The molecule has 0 atom stereocenters. The first-order chi connectivity index (χ1) is 10.6. The molecular weight excluding hydrogens is 300 g/mol. The van der Waals surface area contributed by atoms with Crippen LogP contribution in [-0.4, -0.2) is 23.9 Å². The molecule has 4 heteroatoms. The van der Waals surface area contributed by atoms with Gasteiger partial charge in [0.2, 0.25) is 0 Å². The van der Waals surface area contributed by atoms with Crippen molar-refractivity contribution in [3.8, 4) is 16.9 Å². The number of hydrogen-bond acceptors (Lipinski definition) is 3. The lowest BCUT2D eigenvalue weighted by atomic mass is 9.87. The predicted molar refractivity (Wildman–Crippen MR) is 88.7 cm³/mol. The van der Waals surface area contributed by atoms with Gasteiger partial charge < -0.3 is 9.84 Å². The summed E-state index contributed by atoms with van der Waals surface area (Å²) < 4.78 is 5.22. The monoisotopic (exact) mass is 318 g/mol. The minimum atomic E-state index is -0.170. The zero-order valence-electron chi connectivity index (χ0n) is 12.7. The number of ether oxygens (including phenoxy) is 1. The summed E-state index contributed by atoms with van der Waals surface area (Å²) in [6, 6.07) is 11.2. The molecule has 22 heavy (non-hydrogen) atoms. The number of Topliss-reactive ketones (excluding diaryl/α,β-unsaturated/α-hetero) is 1. The maximum absolute atomic E-state index is 12.1. The molecule has 0 radical (unpaired) electrons. The molecule has 0 unspecified atom stereocenters. The van der Waals surface area contributed by atoms with Crippen LogP contribution in [0, 0.1) is 0 Å². The fourth-order valence-corrected chi connectivity index (χ4v) is 2.90. The summed E-state index contributed by atoms with van der Waals surface area (Å²) in [7, 11) is 1.60. The average molecular weight is 319 g/mol. The summed E-state index contributed by atoms with van der Waals surface area (Å²) >= 11 is 5.95. The molecule has 0 heterocycles. The van der Waals surface area contributed by atoms with Crippen molar-refractivity contribution in [3.63, 3.8) is 0 Å². The van der Waals surface area contributed by atoms with Gasteiger partial charge in [-0.1, -0.05) is 30.3 Å². The number of phenolic OH excluding ortho intramolecular Hbond substituents is 1. The Morgan fingerprint density at radius 2 is 1.95 bits per heavy atom. The maximum atomic E-state index is 12.1. The highest BCUT2D eigenvalue weighted by molar-refractivity contribution is 6.18. The second-order valence-electron chi connectivity index (χ2n) is 5.08. The fraction of sp³-hybridized carbons (Fsp3) is 0.278. The Balaban J connectivity index is 2.81. The predicted octanol–water partition coefficient (Wildman–Crippen LogP) is 4.19. The molecule has 1 N–H and O–H groups in total. The topological polar surface area (TPSA) is 46.5 Å². The van der Waals surface area contributed by atoms with Gasteiger partial charge in [-0.3, -0.25) is 4.79 Å². The number of benzene rings is 2. The van der Waals surface area contributed by atoms with Gasteiger partial charge in [0.05, 0.1) is 12.2 Å². The third-order valence-electron chi connectivity index (χ3n) is 3.57. The van der Waals surface area contributed by atoms with Gasteiger partial charge in [0.25, 0.3) is 0 Å². The Hall–Kier alpha value is -1.84. The Kier molecular flexibility index (Phi) is 5.58. The lowest BCUT2D eigenvalue weighted by molar-refractivity contribution is 0.101. The van der Waals surface area contributed by atoms with Gasteiger partial charge in [0, 0.05) is 13.0 Å². The minimum Gasteiger partial charge on any atom is -0.507 e. The molecule has 0 aliphatic rings. The van der Waals surface area contributed by atoms with Crippen molar-refractivity contribution in [1.82, 2.24) is 0 Å². The molecule has 0 saturated heterocycles. The van der Waals surface area contributed by atoms with Gasteiger partial charge in [-0.25, -0.2) is 0 Å². The van der Waals surface area contributed by atoms with E-state index in [-0.39, 0.29) is 11.5 Å². The number of aromatic hydroxyl groups is 1. The van der Waals surface area contributed by atoms with Gasteiger partial charge in [-0.2, -0.15) is 0 Å². The Morgan fingerprint density at radius 3 is 2.50 bits per heavy atom. The van der Waals surface area contributed by atoms with Crippen LogP contribution in [0.15, 0.2) is 36.4 Å². The van der Waals surface area contributed by atoms with Crippen LogP contribution in [0.25, 0.3) is 11.1 Å². The Morgan fingerprint density at radius 1 is 1.27 bits per heavy atom. The zero-order chi connectivity index (χ0) is 16.1. The van der Waals surface area contributed by atoms with Crippen LogP contribution >= 0.6 is 11.6 Å². The van der Waals surface area contributed by atoms with E-state index < -0.39 is 0 Å². The largest absolute Gasteiger partial charge is 0.507 e. The molecule has 0 spiro atoms. The Bertz CT molecular complexity index is 666. The number of rotatable bonds is 6. The summed E-state index contributed by atoms with van der Waals surface area (Å²) in [5.74, 6) is 0.242. The number of ketones is 1. The second kappa shape index (κ2) is 7.43. The van der Waals surface area contributed by atoms with Crippen molar-refractivity contribution in [2.75, 3.05) is 13.0 Å². The van der Waals surface area contributed by atoms with E-state index in [1.807, 2.05) is 30.3 Å². The smallest absolute Gasteiger partial charge is 0.164 e. The van der Waals surface area contributed by atoms with Crippen LogP contribution < -0.4 is 0 Å². The molecular formula is C18H19ClO3. The summed E-state index contributed by atoms with van der Waals surface area (Å²) in [5, 5.41) is 10.3. The molecule has 0 amide bonds. The van der Waals surface area contributed by atoms with Crippen molar-refractivity contribution in [3.05, 3.63) is 53.1 Å². The van der Waals surface area contributed by atoms with E-state index >= 15 is 0 Å². The number of phenols is 1. The van der Waals surface area contributed by atoms with E-state index in [4.69, 9.17) is 16.3 Å². The first-order valence-corrected chi connectivity index (χ1v) is 7.62. The third-order valence-corrected chi connectivity index (χ3v) is 3.75. The first kappa shape index (κ1) is 16.5. The summed E-state index contributed by atoms with van der Waals surface area (Å²) in [5.41, 5.74) is 3.78. The highest BCUT2D eigenvalue weighted by atomic mass is 35.5. The highest BCUT2D eigenvalue weighted by Gasteiger charge is 2.21. The van der Waals surface area contributed by atoms with Crippen LogP contribution in [-0.2, 0) is 17.8 Å². The number of carbonyl (C=O) groups excluding carboxylic acids is 1. The molecule has 2 aromatic carbocycles. The third kappa shape index (κ3) is 3.32. The van der Waals surface area contributed by atoms with Crippen LogP contribution in [0.3, 0.4) is 0 Å². The van der Waals surface area contributed by atoms with E-state index in [2.05, 4.69) is 0 Å². The van der Waals surface area contributed by atoms with E-state index in [0.29, 0.717) is 24.5 Å². The highest BCUT2D eigenvalue weighted by Crippen LogP contribution is 2.37. The Labute approximate surface area is 135 Å². The molecule has 0 aliphatic heterocycles. The molecule has 0 aromatic heterocycles. The standard InChI is InChI=1S/C18H19ClO3/c1-12(20)17-16(21)10-14(11-22-2)15(8-9-19)18(17)13-6-4-3-5-7-13/h3-7,10,21H,8-9,11H2,1-2H3. The van der Waals surface area contributed by atoms with E-state index in [1.54, 1.807) is 13.2 Å². The van der Waals surface area contributed by atoms with Crippen molar-refractivity contribution < 1.29 is 14.6 Å². The van der Waals surface area contributed by atoms with Gasteiger partial charge in [0.15, 0.2) is 5.78 Å². The number of methoxy groups -OCH3 is 1. The molecule has 0 bridgehead atoms. The molecule has 0 saturated carbocycles. The van der Waals surface area contributed by atoms with E-state index in [9.17, 15) is 9.90 Å². The molecule has 2 rings (SSSR count). The van der Waals surface area contributed by atoms with Gasteiger partial charge in [0.1, 0.15) is 5.75 Å². The van der Waals surface area contributed by atoms with Crippen molar-refractivity contribution in [2.24, 2.45) is 0 Å². The van der Waals surface area contributed by atoms with Gasteiger partial charge in [-0.15, -0.1) is 11.6 Å². The van der Waals surface area contributed by atoms with E-state index in [0.717, 1.165) is 22.3 Å². The number of carbonyl (C=O) groups is 1. The maximum Gasteiger partial charge on any atom is 0.164 e. The number of halogens is 1. The summed E-state index contributed by atoms with van der Waals surface area (Å²) in [4.78, 5) is 12.1. The van der Waals surface area contributed by atoms with E-state index in [1.165, 1.54) is 6.92 Å². The lowest BCUT2D eigenvalue weighted by Crippen LogP contribution is -2.07. The molecule has 0 aliphatic carbocycles. The van der Waals surface area contributed by atoms with Crippen LogP contribution in [0.1, 0.15) is 28.4 Å². The molecule has 0 fully saturated rings. The van der Waals surface area contributed by atoms with Gasteiger partial charge in [-0.05, 0) is 41.7 Å². The second-order valence-corrected chi connectivity index (χ2v) is 5.46. The summed E-state index contributed by atoms with van der Waals surface area (Å²) in [6.45, 7) is 1.82. The number of hydrogen-bond donors (Lipinski definition) is 1. The molecule has 116 valence electrons. The SMILES string of the molecule is COCc1cc(O)c(C(C)=O)c(-c2ccccc2)c1CCCl.